The minimum atomic E-state index is 0.108. The average molecular weight is 284 g/mol. The lowest BCUT2D eigenvalue weighted by molar-refractivity contribution is 0.251. The molecule has 3 heterocycles. The highest BCUT2D eigenvalue weighted by Gasteiger charge is 2.42. The van der Waals surface area contributed by atoms with Crippen molar-refractivity contribution in [3.8, 4) is 11.5 Å². The SMILES string of the molecule is c1cncc(-c2nc(C3(CC4CC4)CCNCC3)no2)c1. The molecule has 5 nitrogen and oxygen atoms in total. The molecule has 2 aromatic heterocycles. The number of pyridine rings is 1. The lowest BCUT2D eigenvalue weighted by Crippen LogP contribution is -2.41. The molecule has 1 saturated heterocycles. The van der Waals surface area contributed by atoms with E-state index in [1.165, 1.54) is 19.3 Å². The summed E-state index contributed by atoms with van der Waals surface area (Å²) < 4.78 is 5.51. The van der Waals surface area contributed by atoms with Gasteiger partial charge in [-0.25, -0.2) is 0 Å². The number of nitrogens with one attached hydrogen (secondary N) is 1. The highest BCUT2D eigenvalue weighted by atomic mass is 16.5. The fraction of sp³-hybridized carbons (Fsp3) is 0.562. The third-order valence-corrected chi connectivity index (χ3v) is 4.75. The molecule has 21 heavy (non-hydrogen) atoms. The fourth-order valence-electron chi connectivity index (χ4n) is 3.34. The van der Waals surface area contributed by atoms with Gasteiger partial charge in [0.2, 0.25) is 0 Å². The molecule has 4 rings (SSSR count). The van der Waals surface area contributed by atoms with E-state index in [1.54, 1.807) is 12.4 Å². The Kier molecular flexibility index (Phi) is 3.22. The zero-order chi connectivity index (χ0) is 14.1. The Morgan fingerprint density at radius 2 is 2.14 bits per heavy atom. The highest BCUT2D eigenvalue weighted by molar-refractivity contribution is 5.50. The van der Waals surface area contributed by atoms with Crippen LogP contribution in [0.5, 0.6) is 0 Å². The summed E-state index contributed by atoms with van der Waals surface area (Å²) in [6.07, 6.45) is 9.67. The molecule has 2 aromatic rings. The van der Waals surface area contributed by atoms with Crippen LogP contribution in [0.4, 0.5) is 0 Å². The summed E-state index contributed by atoms with van der Waals surface area (Å²) in [5.41, 5.74) is 1.00. The number of piperidine rings is 1. The van der Waals surface area contributed by atoms with Gasteiger partial charge in [-0.3, -0.25) is 4.98 Å². The van der Waals surface area contributed by atoms with Crippen LogP contribution in [0, 0.1) is 5.92 Å². The molecule has 2 fully saturated rings. The van der Waals surface area contributed by atoms with Crippen LogP contribution >= 0.6 is 0 Å². The van der Waals surface area contributed by atoms with E-state index in [1.807, 2.05) is 12.1 Å². The van der Waals surface area contributed by atoms with Crippen LogP contribution in [-0.2, 0) is 5.41 Å². The minimum Gasteiger partial charge on any atom is -0.334 e. The molecule has 0 atom stereocenters. The van der Waals surface area contributed by atoms with Crippen molar-refractivity contribution >= 4 is 0 Å². The van der Waals surface area contributed by atoms with E-state index in [-0.39, 0.29) is 5.41 Å². The molecule has 1 N–H and O–H groups in total. The first kappa shape index (κ1) is 13.0. The maximum absolute atomic E-state index is 5.51. The van der Waals surface area contributed by atoms with Gasteiger partial charge in [0.15, 0.2) is 5.82 Å². The van der Waals surface area contributed by atoms with Gasteiger partial charge < -0.3 is 9.84 Å². The molecule has 1 aliphatic heterocycles. The first-order chi connectivity index (χ1) is 10.4. The predicted octanol–water partition coefficient (Wildman–Crippen LogP) is 2.55. The van der Waals surface area contributed by atoms with Crippen LogP contribution < -0.4 is 5.32 Å². The molecule has 5 heteroatoms. The van der Waals surface area contributed by atoms with E-state index in [4.69, 9.17) is 9.51 Å². The Morgan fingerprint density at radius 3 is 2.86 bits per heavy atom. The molecular weight excluding hydrogens is 264 g/mol. The van der Waals surface area contributed by atoms with Crippen LogP contribution in [0.25, 0.3) is 11.5 Å². The zero-order valence-corrected chi connectivity index (χ0v) is 12.1. The quantitative estimate of drug-likeness (QED) is 0.934. The van der Waals surface area contributed by atoms with Crippen LogP contribution in [0.1, 0.15) is 37.9 Å². The lowest BCUT2D eigenvalue weighted by atomic mass is 9.74. The standard InChI is InChI=1S/C16H20N4O/c1-2-13(11-18-7-1)14-19-15(20-21-14)16(10-12-3-4-12)5-8-17-9-6-16/h1-2,7,11-12,17H,3-6,8-10H2. The Balaban J connectivity index is 1.65. The third-order valence-electron chi connectivity index (χ3n) is 4.75. The van der Waals surface area contributed by atoms with Gasteiger partial charge >= 0.3 is 0 Å². The molecule has 0 radical (unpaired) electrons. The Hall–Kier alpha value is -1.75. The number of hydrogen-bond donors (Lipinski definition) is 1. The van der Waals surface area contributed by atoms with E-state index in [0.717, 1.165) is 43.2 Å². The molecule has 0 spiro atoms. The largest absolute Gasteiger partial charge is 0.334 e. The Bertz CT molecular complexity index is 600. The summed E-state index contributed by atoms with van der Waals surface area (Å²) in [6.45, 7) is 2.09. The molecule has 0 bridgehead atoms. The smallest absolute Gasteiger partial charge is 0.259 e. The molecule has 0 amide bonds. The zero-order valence-electron chi connectivity index (χ0n) is 12.1. The molecule has 1 aliphatic carbocycles. The maximum atomic E-state index is 5.51. The summed E-state index contributed by atoms with van der Waals surface area (Å²) >= 11 is 0. The van der Waals surface area contributed by atoms with Gasteiger partial charge in [-0.05, 0) is 50.4 Å². The van der Waals surface area contributed by atoms with E-state index >= 15 is 0 Å². The van der Waals surface area contributed by atoms with Gasteiger partial charge in [0.25, 0.3) is 5.89 Å². The maximum Gasteiger partial charge on any atom is 0.259 e. The number of hydrogen-bond acceptors (Lipinski definition) is 5. The molecule has 0 unspecified atom stereocenters. The van der Waals surface area contributed by atoms with Gasteiger partial charge in [0, 0.05) is 17.8 Å². The van der Waals surface area contributed by atoms with Gasteiger partial charge in [-0.2, -0.15) is 4.98 Å². The van der Waals surface area contributed by atoms with Crippen LogP contribution in [0.3, 0.4) is 0 Å². The van der Waals surface area contributed by atoms with Crippen LogP contribution in [0.15, 0.2) is 29.0 Å². The van der Waals surface area contributed by atoms with Crippen LogP contribution in [-0.4, -0.2) is 28.2 Å². The van der Waals surface area contributed by atoms with Crippen molar-refractivity contribution in [3.63, 3.8) is 0 Å². The summed E-state index contributed by atoms with van der Waals surface area (Å²) in [4.78, 5) is 8.83. The van der Waals surface area contributed by atoms with Gasteiger partial charge in [-0.1, -0.05) is 18.0 Å². The fourth-order valence-corrected chi connectivity index (χ4v) is 3.34. The van der Waals surface area contributed by atoms with Gasteiger partial charge in [0.1, 0.15) is 0 Å². The monoisotopic (exact) mass is 284 g/mol. The molecule has 110 valence electrons. The second kappa shape index (κ2) is 5.22. The van der Waals surface area contributed by atoms with Crippen molar-refractivity contribution in [3.05, 3.63) is 30.4 Å². The highest BCUT2D eigenvalue weighted by Crippen LogP contribution is 2.45. The van der Waals surface area contributed by atoms with Crippen molar-refractivity contribution in [1.29, 1.82) is 0 Å². The summed E-state index contributed by atoms with van der Waals surface area (Å²) in [5, 5.41) is 7.77. The Labute approximate surface area is 124 Å². The van der Waals surface area contributed by atoms with Gasteiger partial charge in [0.05, 0.1) is 5.56 Å². The van der Waals surface area contributed by atoms with Crippen molar-refractivity contribution in [1.82, 2.24) is 20.4 Å². The molecule has 2 aliphatic rings. The topological polar surface area (TPSA) is 63.8 Å². The third kappa shape index (κ3) is 2.58. The predicted molar refractivity (Wildman–Crippen MR) is 78.7 cm³/mol. The number of rotatable bonds is 4. The van der Waals surface area contributed by atoms with Crippen LogP contribution in [0.2, 0.25) is 0 Å². The van der Waals surface area contributed by atoms with Gasteiger partial charge in [-0.15, -0.1) is 0 Å². The summed E-state index contributed by atoms with van der Waals surface area (Å²) in [7, 11) is 0. The second-order valence-corrected chi connectivity index (χ2v) is 6.34. The molecule has 1 saturated carbocycles. The number of aromatic nitrogens is 3. The normalized spacial score (nSPS) is 21.3. The van der Waals surface area contributed by atoms with E-state index in [9.17, 15) is 0 Å². The van der Waals surface area contributed by atoms with Crippen molar-refractivity contribution < 1.29 is 4.52 Å². The number of nitrogens with zero attached hydrogens (tertiary/aromatic N) is 3. The van der Waals surface area contributed by atoms with Crippen molar-refractivity contribution in [2.24, 2.45) is 5.92 Å². The first-order valence-corrected chi connectivity index (χ1v) is 7.81. The minimum absolute atomic E-state index is 0.108. The molecule has 0 aromatic carbocycles. The second-order valence-electron chi connectivity index (χ2n) is 6.34. The van der Waals surface area contributed by atoms with Crippen molar-refractivity contribution in [2.45, 2.75) is 37.5 Å². The molecular formula is C16H20N4O. The van der Waals surface area contributed by atoms with Crippen molar-refractivity contribution in [2.75, 3.05) is 13.1 Å². The van der Waals surface area contributed by atoms with E-state index in [0.29, 0.717) is 5.89 Å². The van der Waals surface area contributed by atoms with E-state index < -0.39 is 0 Å². The van der Waals surface area contributed by atoms with E-state index in [2.05, 4.69) is 15.5 Å². The lowest BCUT2D eigenvalue weighted by Gasteiger charge is -2.35. The summed E-state index contributed by atoms with van der Waals surface area (Å²) in [6, 6.07) is 3.85. The first-order valence-electron chi connectivity index (χ1n) is 7.81. The average Bonchev–Trinajstić information content (AvgIpc) is 3.20. The Morgan fingerprint density at radius 1 is 1.29 bits per heavy atom. The summed E-state index contributed by atoms with van der Waals surface area (Å²) in [5.74, 6) is 2.35.